The number of rotatable bonds is 2. The molecule has 0 aromatic heterocycles. The quantitative estimate of drug-likeness (QED) is 0.701. The Kier molecular flexibility index (Phi) is 3.44. The highest BCUT2D eigenvalue weighted by atomic mass is 16.5. The van der Waals surface area contributed by atoms with Crippen molar-refractivity contribution in [3.8, 4) is 0 Å². The van der Waals surface area contributed by atoms with Gasteiger partial charge in [0.25, 0.3) is 0 Å². The highest BCUT2D eigenvalue weighted by Gasteiger charge is 2.43. The number of hydrogen-bond donors (Lipinski definition) is 0. The summed E-state index contributed by atoms with van der Waals surface area (Å²) < 4.78 is 4.94. The van der Waals surface area contributed by atoms with Crippen LogP contribution in [0.2, 0.25) is 0 Å². The summed E-state index contributed by atoms with van der Waals surface area (Å²) in [6.07, 6.45) is 4.17. The molecule has 1 amide bonds. The molecule has 0 atom stereocenters. The van der Waals surface area contributed by atoms with Crippen LogP contribution in [0, 0.1) is 6.42 Å². The van der Waals surface area contributed by atoms with Gasteiger partial charge in [0.15, 0.2) is 0 Å². The molecule has 1 heterocycles. The van der Waals surface area contributed by atoms with Crippen molar-refractivity contribution in [1.29, 1.82) is 0 Å². The van der Waals surface area contributed by atoms with Gasteiger partial charge in [0.1, 0.15) is 6.61 Å². The van der Waals surface area contributed by atoms with Gasteiger partial charge >= 0.3 is 0 Å². The molecule has 1 radical (unpaired) electrons. The van der Waals surface area contributed by atoms with Crippen LogP contribution in [0.4, 0.5) is 0 Å². The molecule has 1 saturated heterocycles. The van der Waals surface area contributed by atoms with E-state index in [1.54, 1.807) is 7.11 Å². The van der Waals surface area contributed by atoms with Crippen molar-refractivity contribution in [2.45, 2.75) is 51.6 Å². The molecule has 0 unspecified atom stereocenters. The zero-order chi connectivity index (χ0) is 11.7. The molecule has 15 heavy (non-hydrogen) atoms. The minimum Gasteiger partial charge on any atom is -0.375 e. The number of piperidine rings is 1. The molecule has 3 heteroatoms. The highest BCUT2D eigenvalue weighted by molar-refractivity contribution is 5.79. The molecule has 0 saturated carbocycles. The maximum absolute atomic E-state index is 12.0. The smallest absolute Gasteiger partial charge is 0.249 e. The van der Waals surface area contributed by atoms with Crippen LogP contribution in [0.25, 0.3) is 0 Å². The first-order chi connectivity index (χ1) is 6.81. The minimum atomic E-state index is -0.0998. The van der Waals surface area contributed by atoms with E-state index >= 15 is 0 Å². The molecule has 0 N–H and O–H groups in total. The molecule has 1 rings (SSSR count). The van der Waals surface area contributed by atoms with Crippen LogP contribution in [0.1, 0.15) is 40.5 Å². The Labute approximate surface area is 92.8 Å². The summed E-state index contributed by atoms with van der Waals surface area (Å²) in [5.41, 5.74) is -0.200. The topological polar surface area (TPSA) is 29.5 Å². The average Bonchev–Trinajstić information content (AvgIpc) is 2.00. The molecule has 0 aromatic rings. The number of ether oxygens (including phenoxy) is 1. The Balaban J connectivity index is 2.91. The summed E-state index contributed by atoms with van der Waals surface area (Å²) >= 11 is 0. The number of nitrogens with zero attached hydrogens (tertiary/aromatic N) is 1. The first-order valence-corrected chi connectivity index (χ1v) is 5.45. The lowest BCUT2D eigenvalue weighted by Gasteiger charge is -2.52. The molecule has 3 nitrogen and oxygen atoms in total. The van der Waals surface area contributed by atoms with E-state index in [9.17, 15) is 4.79 Å². The average molecular weight is 212 g/mol. The van der Waals surface area contributed by atoms with Crippen LogP contribution < -0.4 is 0 Å². The van der Waals surface area contributed by atoms with Gasteiger partial charge in [0, 0.05) is 18.2 Å². The lowest BCUT2D eigenvalue weighted by Crippen LogP contribution is -2.61. The van der Waals surface area contributed by atoms with Crippen molar-refractivity contribution in [1.82, 2.24) is 4.90 Å². The van der Waals surface area contributed by atoms with Gasteiger partial charge in [0.2, 0.25) is 5.91 Å². The standard InChI is InChI=1S/C12H22NO2/c1-11(2)7-6-8-12(3,4)13(11)10(14)9-15-5/h6H,7-9H2,1-5H3. The van der Waals surface area contributed by atoms with Crippen molar-refractivity contribution < 1.29 is 9.53 Å². The second-order valence-electron chi connectivity index (χ2n) is 5.48. The van der Waals surface area contributed by atoms with Crippen LogP contribution in [0.15, 0.2) is 0 Å². The van der Waals surface area contributed by atoms with Gasteiger partial charge in [-0.1, -0.05) is 0 Å². The molecular weight excluding hydrogens is 190 g/mol. The summed E-state index contributed by atoms with van der Waals surface area (Å²) in [7, 11) is 1.56. The van der Waals surface area contributed by atoms with Crippen molar-refractivity contribution in [2.75, 3.05) is 13.7 Å². The van der Waals surface area contributed by atoms with E-state index in [0.29, 0.717) is 0 Å². The predicted octanol–water partition coefficient (Wildman–Crippen LogP) is 2.02. The van der Waals surface area contributed by atoms with Gasteiger partial charge in [0.05, 0.1) is 0 Å². The van der Waals surface area contributed by atoms with E-state index in [4.69, 9.17) is 4.74 Å². The van der Waals surface area contributed by atoms with Gasteiger partial charge in [-0.3, -0.25) is 4.79 Å². The van der Waals surface area contributed by atoms with Crippen LogP contribution in [-0.4, -0.2) is 35.6 Å². The third kappa shape index (κ3) is 2.51. The predicted molar refractivity (Wildman–Crippen MR) is 60.4 cm³/mol. The molecule has 0 bridgehead atoms. The minimum absolute atomic E-state index is 0.0839. The Hall–Kier alpha value is -0.570. The van der Waals surface area contributed by atoms with Gasteiger partial charge in [-0.15, -0.1) is 0 Å². The van der Waals surface area contributed by atoms with Crippen molar-refractivity contribution in [2.24, 2.45) is 0 Å². The number of carbonyl (C=O) groups excluding carboxylic acids is 1. The summed E-state index contributed by atoms with van der Waals surface area (Å²) in [5, 5.41) is 0. The Morgan fingerprint density at radius 1 is 1.27 bits per heavy atom. The Morgan fingerprint density at radius 3 is 2.13 bits per heavy atom. The fourth-order valence-electron chi connectivity index (χ4n) is 2.64. The normalized spacial score (nSPS) is 23.9. The molecule has 1 aliphatic rings. The molecule has 0 aromatic carbocycles. The van der Waals surface area contributed by atoms with E-state index in [2.05, 4.69) is 34.1 Å². The third-order valence-electron chi connectivity index (χ3n) is 3.02. The molecule has 0 aliphatic carbocycles. The second-order valence-corrected chi connectivity index (χ2v) is 5.48. The fourth-order valence-corrected chi connectivity index (χ4v) is 2.64. The molecule has 0 spiro atoms. The monoisotopic (exact) mass is 212 g/mol. The van der Waals surface area contributed by atoms with E-state index in [1.807, 2.05) is 4.90 Å². The van der Waals surface area contributed by atoms with Crippen molar-refractivity contribution >= 4 is 5.91 Å². The van der Waals surface area contributed by atoms with Crippen molar-refractivity contribution in [3.63, 3.8) is 0 Å². The van der Waals surface area contributed by atoms with Gasteiger partial charge in [-0.2, -0.15) is 0 Å². The molecular formula is C12H22NO2. The molecule has 87 valence electrons. The van der Waals surface area contributed by atoms with Gasteiger partial charge in [-0.05, 0) is 47.0 Å². The number of methoxy groups -OCH3 is 1. The Morgan fingerprint density at radius 2 is 1.73 bits per heavy atom. The lowest BCUT2D eigenvalue weighted by atomic mass is 9.80. The zero-order valence-corrected chi connectivity index (χ0v) is 10.5. The fraction of sp³-hybridized carbons (Fsp3) is 0.833. The van der Waals surface area contributed by atoms with Gasteiger partial charge in [-0.25, -0.2) is 0 Å². The number of likely N-dealkylation sites (tertiary alicyclic amines) is 1. The third-order valence-corrected chi connectivity index (χ3v) is 3.02. The second kappa shape index (κ2) is 4.12. The first kappa shape index (κ1) is 12.5. The van der Waals surface area contributed by atoms with Crippen LogP contribution in [-0.2, 0) is 9.53 Å². The summed E-state index contributed by atoms with van der Waals surface area (Å²) in [6, 6.07) is 0. The SMILES string of the molecule is COCC(=O)N1C(C)(C)C[CH]CC1(C)C. The van der Waals surface area contributed by atoms with Gasteiger partial charge < -0.3 is 9.64 Å². The molecule has 1 fully saturated rings. The summed E-state index contributed by atoms with van der Waals surface area (Å²) in [6.45, 7) is 8.61. The summed E-state index contributed by atoms with van der Waals surface area (Å²) in [4.78, 5) is 14.0. The lowest BCUT2D eigenvalue weighted by molar-refractivity contribution is -0.150. The van der Waals surface area contributed by atoms with Crippen LogP contribution >= 0.6 is 0 Å². The first-order valence-electron chi connectivity index (χ1n) is 5.45. The largest absolute Gasteiger partial charge is 0.375 e. The zero-order valence-electron chi connectivity index (χ0n) is 10.5. The highest BCUT2D eigenvalue weighted by Crippen LogP contribution is 2.37. The van der Waals surface area contributed by atoms with E-state index in [0.717, 1.165) is 12.8 Å². The maximum atomic E-state index is 12.0. The van der Waals surface area contributed by atoms with E-state index in [1.165, 1.54) is 0 Å². The number of carbonyl (C=O) groups is 1. The Bertz CT molecular complexity index is 230. The number of amides is 1. The van der Waals surface area contributed by atoms with E-state index in [-0.39, 0.29) is 23.6 Å². The number of hydrogen-bond acceptors (Lipinski definition) is 2. The maximum Gasteiger partial charge on any atom is 0.249 e. The van der Waals surface area contributed by atoms with Crippen LogP contribution in [0.3, 0.4) is 0 Å². The van der Waals surface area contributed by atoms with E-state index < -0.39 is 0 Å². The summed E-state index contributed by atoms with van der Waals surface area (Å²) in [5.74, 6) is 0.0839. The molecule has 1 aliphatic heterocycles. The van der Waals surface area contributed by atoms with Crippen LogP contribution in [0.5, 0.6) is 0 Å². The van der Waals surface area contributed by atoms with Crippen molar-refractivity contribution in [3.05, 3.63) is 6.42 Å².